The van der Waals surface area contributed by atoms with Gasteiger partial charge in [0, 0.05) is 0 Å². The van der Waals surface area contributed by atoms with Gasteiger partial charge in [0.05, 0.1) is 23.9 Å². The lowest BCUT2D eigenvalue weighted by Gasteiger charge is -2.33. The summed E-state index contributed by atoms with van der Waals surface area (Å²) in [5.41, 5.74) is 1.71. The van der Waals surface area contributed by atoms with Gasteiger partial charge >= 0.3 is 12.2 Å². The fraction of sp³-hybridized carbons (Fsp3) is 0.467. The highest BCUT2D eigenvalue weighted by Gasteiger charge is 2.49. The van der Waals surface area contributed by atoms with Crippen molar-refractivity contribution in [3.63, 3.8) is 0 Å². The molecule has 0 bridgehead atoms. The van der Waals surface area contributed by atoms with Gasteiger partial charge < -0.3 is 9.47 Å². The van der Waals surface area contributed by atoms with Crippen molar-refractivity contribution in [3.05, 3.63) is 71.8 Å². The van der Waals surface area contributed by atoms with Gasteiger partial charge in [-0.2, -0.15) is 0 Å². The molecule has 2 saturated heterocycles. The van der Waals surface area contributed by atoms with Crippen molar-refractivity contribution in [2.75, 3.05) is 13.2 Å². The molecule has 38 heavy (non-hydrogen) atoms. The van der Waals surface area contributed by atoms with Gasteiger partial charge in [-0.15, -0.1) is 0 Å². The first kappa shape index (κ1) is 27.4. The molecule has 2 aliphatic heterocycles. The molecule has 0 aromatic heterocycles. The largest absolute Gasteiger partial charge is 0.447 e. The molecular formula is C30H36N2O6. The van der Waals surface area contributed by atoms with Gasteiger partial charge in [0.15, 0.2) is 0 Å². The van der Waals surface area contributed by atoms with Crippen LogP contribution >= 0.6 is 0 Å². The summed E-state index contributed by atoms with van der Waals surface area (Å²) in [6.07, 6.45) is -0.934. The Labute approximate surface area is 223 Å². The van der Waals surface area contributed by atoms with Crippen LogP contribution in [0.1, 0.15) is 38.8 Å². The Kier molecular flexibility index (Phi) is 8.49. The molecule has 2 aliphatic rings. The van der Waals surface area contributed by atoms with E-state index in [9.17, 15) is 19.2 Å². The number of carbonyl (C=O) groups is 4. The summed E-state index contributed by atoms with van der Waals surface area (Å²) in [4.78, 5) is 56.5. The predicted octanol–water partition coefficient (Wildman–Crippen LogP) is 4.71. The summed E-state index contributed by atoms with van der Waals surface area (Å²) in [5, 5.41) is 0. The number of benzene rings is 2. The summed E-state index contributed by atoms with van der Waals surface area (Å²) in [5.74, 6) is -2.78. The van der Waals surface area contributed by atoms with Crippen LogP contribution in [0.4, 0.5) is 9.59 Å². The highest BCUT2D eigenvalue weighted by molar-refractivity contribution is 6.00. The van der Waals surface area contributed by atoms with E-state index in [2.05, 4.69) is 0 Å². The van der Waals surface area contributed by atoms with Crippen LogP contribution < -0.4 is 0 Å². The second-order valence-corrected chi connectivity index (χ2v) is 10.8. The Hall–Kier alpha value is -3.68. The molecule has 4 rings (SSSR count). The fourth-order valence-electron chi connectivity index (χ4n) is 5.26. The maximum Gasteiger partial charge on any atom is 0.416 e. The summed E-state index contributed by atoms with van der Waals surface area (Å²) in [6, 6.07) is 18.0. The van der Waals surface area contributed by atoms with Gasteiger partial charge in [-0.05, 0) is 35.8 Å². The lowest BCUT2D eigenvalue weighted by Crippen LogP contribution is -2.52. The molecule has 8 nitrogen and oxygen atoms in total. The third kappa shape index (κ3) is 5.74. The average molecular weight is 521 g/mol. The monoisotopic (exact) mass is 520 g/mol. The third-order valence-corrected chi connectivity index (χ3v) is 7.54. The van der Waals surface area contributed by atoms with Crippen molar-refractivity contribution in [3.8, 4) is 0 Å². The number of carbonyl (C=O) groups excluding carboxylic acids is 4. The minimum Gasteiger partial charge on any atom is -0.447 e. The van der Waals surface area contributed by atoms with Crippen LogP contribution in [0.25, 0.3) is 0 Å². The van der Waals surface area contributed by atoms with Crippen LogP contribution in [-0.4, -0.2) is 59.1 Å². The second-order valence-electron chi connectivity index (χ2n) is 10.8. The standard InChI is InChI=1S/C30H36N2O6/c1-19(2)25-17-37-29(35)31(25)27(33)23(15-21-11-7-5-8-12-21)24(16-22-13-9-6-10-14-22)28(34)32-26(20(3)4)18-38-30(32)36/h5-14,19-20,23-26H,15-18H2,1-4H3/t23-,24?,25-,26-/m1/s1. The summed E-state index contributed by atoms with van der Waals surface area (Å²) in [6.45, 7) is 7.95. The first-order chi connectivity index (χ1) is 18.2. The van der Waals surface area contributed by atoms with E-state index in [1.54, 1.807) is 0 Å². The molecule has 2 heterocycles. The van der Waals surface area contributed by atoms with Gasteiger partial charge in [0.1, 0.15) is 13.2 Å². The maximum absolute atomic E-state index is 14.3. The number of hydrogen-bond acceptors (Lipinski definition) is 6. The number of amides is 4. The number of ether oxygens (including phenoxy) is 2. The minimum absolute atomic E-state index is 0.0232. The van der Waals surface area contributed by atoms with E-state index in [-0.39, 0.29) is 37.9 Å². The summed E-state index contributed by atoms with van der Waals surface area (Å²) in [7, 11) is 0. The zero-order valence-electron chi connectivity index (χ0n) is 22.4. The van der Waals surface area contributed by atoms with Gasteiger partial charge in [0.2, 0.25) is 11.8 Å². The van der Waals surface area contributed by atoms with Crippen molar-refractivity contribution in [2.24, 2.45) is 23.7 Å². The van der Waals surface area contributed by atoms with Crippen LogP contribution in [0.5, 0.6) is 0 Å². The SMILES string of the molecule is CC(C)[C@H]1COC(=O)N1C(=O)C(Cc1ccccc1)[C@@H](Cc1ccccc1)C(=O)N1C(=O)OC[C@@H]1C(C)C. The molecular weight excluding hydrogens is 484 g/mol. The maximum atomic E-state index is 14.3. The number of rotatable bonds is 9. The zero-order chi connectivity index (χ0) is 27.4. The van der Waals surface area contributed by atoms with Crippen molar-refractivity contribution in [2.45, 2.75) is 52.6 Å². The van der Waals surface area contributed by atoms with Crippen molar-refractivity contribution >= 4 is 24.0 Å². The third-order valence-electron chi connectivity index (χ3n) is 7.54. The minimum atomic E-state index is -0.904. The van der Waals surface area contributed by atoms with Gasteiger partial charge in [-0.25, -0.2) is 19.4 Å². The number of cyclic esters (lactones) is 2. The van der Waals surface area contributed by atoms with Crippen molar-refractivity contribution in [1.82, 2.24) is 9.80 Å². The van der Waals surface area contributed by atoms with Crippen LogP contribution in [0.3, 0.4) is 0 Å². The van der Waals surface area contributed by atoms with E-state index >= 15 is 0 Å². The van der Waals surface area contributed by atoms with E-state index in [1.165, 1.54) is 9.80 Å². The van der Waals surface area contributed by atoms with Crippen LogP contribution in [-0.2, 0) is 31.9 Å². The number of imide groups is 2. The summed E-state index contributed by atoms with van der Waals surface area (Å²) >= 11 is 0. The molecule has 4 amide bonds. The smallest absolute Gasteiger partial charge is 0.416 e. The van der Waals surface area contributed by atoms with E-state index in [1.807, 2.05) is 88.4 Å². The Bertz CT molecular complexity index is 1060. The van der Waals surface area contributed by atoms with E-state index in [4.69, 9.17) is 9.47 Å². The van der Waals surface area contributed by atoms with E-state index in [0.717, 1.165) is 11.1 Å². The first-order valence-electron chi connectivity index (χ1n) is 13.3. The Morgan fingerprint density at radius 2 is 1.03 bits per heavy atom. The number of nitrogens with zero attached hydrogens (tertiary/aromatic N) is 2. The van der Waals surface area contributed by atoms with Crippen LogP contribution in [0, 0.1) is 23.7 Å². The normalized spacial score (nSPS) is 21.0. The molecule has 1 unspecified atom stereocenters. The average Bonchev–Trinajstić information content (AvgIpc) is 3.49. The van der Waals surface area contributed by atoms with Crippen LogP contribution in [0.15, 0.2) is 60.7 Å². The van der Waals surface area contributed by atoms with Gasteiger partial charge in [-0.3, -0.25) is 9.59 Å². The van der Waals surface area contributed by atoms with Gasteiger partial charge in [-0.1, -0.05) is 88.4 Å². The lowest BCUT2D eigenvalue weighted by molar-refractivity contribution is -0.145. The molecule has 2 aromatic rings. The van der Waals surface area contributed by atoms with E-state index < -0.39 is 47.9 Å². The molecule has 202 valence electrons. The highest BCUT2D eigenvalue weighted by Crippen LogP contribution is 2.32. The van der Waals surface area contributed by atoms with Crippen molar-refractivity contribution in [1.29, 1.82) is 0 Å². The molecule has 0 N–H and O–H groups in total. The zero-order valence-corrected chi connectivity index (χ0v) is 22.4. The first-order valence-corrected chi connectivity index (χ1v) is 13.3. The molecule has 8 heteroatoms. The Balaban J connectivity index is 1.79. The molecule has 4 atom stereocenters. The molecule has 0 aliphatic carbocycles. The summed E-state index contributed by atoms with van der Waals surface area (Å²) < 4.78 is 10.6. The second kappa shape index (κ2) is 11.8. The molecule has 2 aromatic carbocycles. The van der Waals surface area contributed by atoms with Crippen molar-refractivity contribution < 1.29 is 28.7 Å². The quantitative estimate of drug-likeness (QED) is 0.475. The molecule has 0 spiro atoms. The molecule has 0 saturated carbocycles. The van der Waals surface area contributed by atoms with Crippen LogP contribution in [0.2, 0.25) is 0 Å². The fourth-order valence-corrected chi connectivity index (χ4v) is 5.26. The van der Waals surface area contributed by atoms with Gasteiger partial charge in [0.25, 0.3) is 0 Å². The molecule has 0 radical (unpaired) electrons. The highest BCUT2D eigenvalue weighted by atomic mass is 16.6. The topological polar surface area (TPSA) is 93.2 Å². The van der Waals surface area contributed by atoms with E-state index in [0.29, 0.717) is 0 Å². The Morgan fingerprint density at radius 3 is 1.34 bits per heavy atom. The number of hydrogen-bond donors (Lipinski definition) is 0. The predicted molar refractivity (Wildman–Crippen MR) is 141 cm³/mol. The lowest BCUT2D eigenvalue weighted by atomic mass is 9.80. The molecule has 2 fully saturated rings. The Morgan fingerprint density at radius 1 is 0.684 bits per heavy atom.